The molecule has 20 heavy (non-hydrogen) atoms. The lowest BCUT2D eigenvalue weighted by molar-refractivity contribution is 0.259. The van der Waals surface area contributed by atoms with Crippen LogP contribution in [0.4, 0.5) is 28.0 Å². The van der Waals surface area contributed by atoms with E-state index in [9.17, 15) is 22.4 Å². The molecule has 0 atom stereocenters. The number of hydrogen-bond donors (Lipinski definition) is 2. The van der Waals surface area contributed by atoms with Crippen molar-refractivity contribution < 1.29 is 22.4 Å². The van der Waals surface area contributed by atoms with E-state index in [-0.39, 0.29) is 16.8 Å². The summed E-state index contributed by atoms with van der Waals surface area (Å²) in [5.74, 6) is -5.19. The Morgan fingerprint density at radius 1 is 0.900 bits per heavy atom. The van der Waals surface area contributed by atoms with Gasteiger partial charge in [0.05, 0.1) is 5.69 Å². The Kier molecular flexibility index (Phi) is 3.60. The SMILES string of the molecule is NC(=O)Nc1ccc(-c2cc(F)c(F)c(F)c2)cc1F. The summed E-state index contributed by atoms with van der Waals surface area (Å²) in [5, 5.41) is 2.04. The number of amides is 2. The number of primary amides is 1. The van der Waals surface area contributed by atoms with Gasteiger partial charge in [0.2, 0.25) is 0 Å². The lowest BCUT2D eigenvalue weighted by Gasteiger charge is -2.07. The number of nitrogens with one attached hydrogen (secondary N) is 1. The molecule has 0 aromatic heterocycles. The highest BCUT2D eigenvalue weighted by Gasteiger charge is 2.13. The molecule has 7 heteroatoms. The fourth-order valence-electron chi connectivity index (χ4n) is 1.65. The van der Waals surface area contributed by atoms with E-state index in [1.807, 2.05) is 5.32 Å². The molecule has 2 amide bonds. The van der Waals surface area contributed by atoms with E-state index in [2.05, 4.69) is 0 Å². The minimum Gasteiger partial charge on any atom is -0.351 e. The molecule has 0 aliphatic heterocycles. The van der Waals surface area contributed by atoms with Crippen LogP contribution in [-0.2, 0) is 0 Å². The van der Waals surface area contributed by atoms with Gasteiger partial charge >= 0.3 is 6.03 Å². The van der Waals surface area contributed by atoms with Crippen molar-refractivity contribution in [2.45, 2.75) is 0 Å². The molecule has 2 aromatic rings. The number of halogens is 4. The highest BCUT2D eigenvalue weighted by Crippen LogP contribution is 2.26. The molecule has 3 N–H and O–H groups in total. The van der Waals surface area contributed by atoms with Crippen LogP contribution in [-0.4, -0.2) is 6.03 Å². The third kappa shape index (κ3) is 2.71. The zero-order chi connectivity index (χ0) is 14.9. The number of rotatable bonds is 2. The first-order valence-corrected chi connectivity index (χ1v) is 5.39. The minimum atomic E-state index is -1.60. The van der Waals surface area contributed by atoms with Crippen LogP contribution in [0.5, 0.6) is 0 Å². The van der Waals surface area contributed by atoms with Gasteiger partial charge in [-0.05, 0) is 35.4 Å². The summed E-state index contributed by atoms with van der Waals surface area (Å²) in [6.07, 6.45) is 0. The highest BCUT2D eigenvalue weighted by molar-refractivity contribution is 5.88. The zero-order valence-electron chi connectivity index (χ0n) is 9.88. The van der Waals surface area contributed by atoms with E-state index in [0.717, 1.165) is 18.2 Å². The van der Waals surface area contributed by atoms with E-state index >= 15 is 0 Å². The van der Waals surface area contributed by atoms with Gasteiger partial charge in [-0.15, -0.1) is 0 Å². The van der Waals surface area contributed by atoms with Gasteiger partial charge in [-0.3, -0.25) is 0 Å². The Bertz CT molecular complexity index is 665. The summed E-state index contributed by atoms with van der Waals surface area (Å²) in [7, 11) is 0. The average Bonchev–Trinajstić information content (AvgIpc) is 2.37. The second kappa shape index (κ2) is 5.20. The molecule has 0 spiro atoms. The predicted octanol–water partition coefficient (Wildman–Crippen LogP) is 3.40. The third-order valence-corrected chi connectivity index (χ3v) is 2.54. The smallest absolute Gasteiger partial charge is 0.316 e. The summed E-state index contributed by atoms with van der Waals surface area (Å²) in [6, 6.07) is 3.96. The average molecular weight is 284 g/mol. The number of nitrogens with two attached hydrogens (primary N) is 1. The fourth-order valence-corrected chi connectivity index (χ4v) is 1.65. The van der Waals surface area contributed by atoms with Gasteiger partial charge in [0, 0.05) is 0 Å². The Morgan fingerprint density at radius 2 is 1.45 bits per heavy atom. The van der Waals surface area contributed by atoms with Crippen molar-refractivity contribution >= 4 is 11.7 Å². The van der Waals surface area contributed by atoms with Crippen LogP contribution >= 0.6 is 0 Å². The van der Waals surface area contributed by atoms with E-state index < -0.39 is 29.3 Å². The molecule has 0 saturated carbocycles. The molecule has 104 valence electrons. The van der Waals surface area contributed by atoms with Crippen LogP contribution in [0.2, 0.25) is 0 Å². The van der Waals surface area contributed by atoms with Crippen LogP contribution in [0.1, 0.15) is 0 Å². The molecule has 3 nitrogen and oxygen atoms in total. The molecule has 0 radical (unpaired) electrons. The molecule has 0 aliphatic rings. The maximum Gasteiger partial charge on any atom is 0.316 e. The highest BCUT2D eigenvalue weighted by atomic mass is 19.2. The Labute approximate surface area is 111 Å². The van der Waals surface area contributed by atoms with Crippen molar-refractivity contribution in [1.82, 2.24) is 0 Å². The molecule has 0 bridgehead atoms. The molecule has 0 heterocycles. The number of carbonyl (C=O) groups is 1. The van der Waals surface area contributed by atoms with Crippen molar-refractivity contribution in [2.24, 2.45) is 5.73 Å². The van der Waals surface area contributed by atoms with Crippen molar-refractivity contribution in [3.05, 3.63) is 53.6 Å². The molecule has 2 aromatic carbocycles. The third-order valence-electron chi connectivity index (χ3n) is 2.54. The Balaban J connectivity index is 2.44. The van der Waals surface area contributed by atoms with E-state index in [4.69, 9.17) is 5.73 Å². The van der Waals surface area contributed by atoms with Gasteiger partial charge in [-0.1, -0.05) is 6.07 Å². The minimum absolute atomic E-state index is 0.0362. The summed E-state index contributed by atoms with van der Waals surface area (Å²) in [6.45, 7) is 0. The molecule has 0 saturated heterocycles. The maximum absolute atomic E-state index is 13.6. The van der Waals surface area contributed by atoms with Gasteiger partial charge < -0.3 is 11.1 Å². The second-order valence-corrected chi connectivity index (χ2v) is 3.94. The number of carbonyl (C=O) groups excluding carboxylic acids is 1. The van der Waals surface area contributed by atoms with Crippen LogP contribution < -0.4 is 11.1 Å². The molecule has 0 aliphatic carbocycles. The summed E-state index contributed by atoms with van der Waals surface area (Å²) in [4.78, 5) is 10.6. The van der Waals surface area contributed by atoms with Gasteiger partial charge in [0.15, 0.2) is 17.5 Å². The monoisotopic (exact) mass is 284 g/mol. The number of urea groups is 1. The summed E-state index contributed by atoms with van der Waals surface area (Å²) < 4.78 is 52.7. The first-order valence-electron chi connectivity index (χ1n) is 5.39. The van der Waals surface area contributed by atoms with E-state index in [1.54, 1.807) is 0 Å². The number of benzene rings is 2. The van der Waals surface area contributed by atoms with E-state index in [1.165, 1.54) is 12.1 Å². The van der Waals surface area contributed by atoms with Crippen LogP contribution in [0.25, 0.3) is 11.1 Å². The largest absolute Gasteiger partial charge is 0.351 e. The van der Waals surface area contributed by atoms with Gasteiger partial charge in [-0.25, -0.2) is 22.4 Å². The number of anilines is 1. The fraction of sp³-hybridized carbons (Fsp3) is 0. The zero-order valence-corrected chi connectivity index (χ0v) is 9.88. The Morgan fingerprint density at radius 3 is 1.95 bits per heavy atom. The first-order chi connectivity index (χ1) is 9.38. The van der Waals surface area contributed by atoms with Crippen LogP contribution in [0.15, 0.2) is 30.3 Å². The quantitative estimate of drug-likeness (QED) is 0.644. The molecule has 0 unspecified atom stereocenters. The standard InChI is InChI=1S/C13H8F4N2O/c14-8-3-6(1-2-11(8)19-13(18)20)7-4-9(15)12(17)10(16)5-7/h1-5H,(H3,18,19,20). The van der Waals surface area contributed by atoms with Crippen molar-refractivity contribution in [2.75, 3.05) is 5.32 Å². The van der Waals surface area contributed by atoms with Gasteiger partial charge in [0.1, 0.15) is 5.82 Å². The Hall–Kier alpha value is -2.57. The van der Waals surface area contributed by atoms with Crippen LogP contribution in [0.3, 0.4) is 0 Å². The van der Waals surface area contributed by atoms with Crippen molar-refractivity contribution in [3.63, 3.8) is 0 Å². The van der Waals surface area contributed by atoms with Crippen LogP contribution in [0, 0.1) is 23.3 Å². The molecular weight excluding hydrogens is 276 g/mol. The second-order valence-electron chi connectivity index (χ2n) is 3.94. The summed E-state index contributed by atoms with van der Waals surface area (Å²) >= 11 is 0. The molecule has 0 fully saturated rings. The summed E-state index contributed by atoms with van der Waals surface area (Å²) in [5.41, 5.74) is 4.75. The molecular formula is C13H8F4N2O. The molecule has 2 rings (SSSR count). The van der Waals surface area contributed by atoms with Crippen molar-refractivity contribution in [3.8, 4) is 11.1 Å². The van der Waals surface area contributed by atoms with Gasteiger partial charge in [-0.2, -0.15) is 0 Å². The van der Waals surface area contributed by atoms with Gasteiger partial charge in [0.25, 0.3) is 0 Å². The first kappa shape index (κ1) is 13.9. The normalized spacial score (nSPS) is 10.4. The topological polar surface area (TPSA) is 55.1 Å². The maximum atomic E-state index is 13.6. The van der Waals surface area contributed by atoms with Crippen molar-refractivity contribution in [1.29, 1.82) is 0 Å². The predicted molar refractivity (Wildman–Crippen MR) is 64.9 cm³/mol. The lowest BCUT2D eigenvalue weighted by Crippen LogP contribution is -2.19. The number of hydrogen-bond acceptors (Lipinski definition) is 1. The lowest BCUT2D eigenvalue weighted by atomic mass is 10.0. The van der Waals surface area contributed by atoms with E-state index in [0.29, 0.717) is 0 Å².